The molecule has 1 unspecified atom stereocenters. The minimum absolute atomic E-state index is 0.0522. The van der Waals surface area contributed by atoms with Crippen LogP contribution in [0.5, 0.6) is 5.75 Å². The van der Waals surface area contributed by atoms with E-state index in [9.17, 15) is 4.79 Å². The molecule has 0 aliphatic carbocycles. The van der Waals surface area contributed by atoms with E-state index in [1.807, 2.05) is 36.4 Å². The first-order valence-electron chi connectivity index (χ1n) is 9.63. The molecule has 2 N–H and O–H groups in total. The molecular weight excluding hydrogens is 386 g/mol. The number of ether oxygens (including phenoxy) is 1. The highest BCUT2D eigenvalue weighted by atomic mass is 32.1. The number of fused-ring (bicyclic) bond motifs is 2. The normalized spacial score (nSPS) is 17.0. The van der Waals surface area contributed by atoms with E-state index < -0.39 is 0 Å². The number of hydrogen-bond acceptors (Lipinski definition) is 6. The van der Waals surface area contributed by atoms with Gasteiger partial charge in [0, 0.05) is 24.2 Å². The second kappa shape index (κ2) is 7.36. The Kier molecular flexibility index (Phi) is 4.55. The molecule has 4 aromatic rings. The Hall–Kier alpha value is -3.13. The lowest BCUT2D eigenvalue weighted by Crippen LogP contribution is -2.40. The molecule has 2 aromatic heterocycles. The Morgan fingerprint density at radius 2 is 2.24 bits per heavy atom. The quantitative estimate of drug-likeness (QED) is 0.534. The molecule has 0 bridgehead atoms. The van der Waals surface area contributed by atoms with Crippen LogP contribution in [0, 0.1) is 5.92 Å². The molecule has 148 valence electrons. The third-order valence-corrected chi connectivity index (χ3v) is 6.44. The van der Waals surface area contributed by atoms with Crippen molar-refractivity contribution in [2.24, 2.45) is 5.92 Å². The summed E-state index contributed by atoms with van der Waals surface area (Å²) in [5.74, 6) is 0.817. The topological polar surface area (TPSA) is 83.1 Å². The van der Waals surface area contributed by atoms with Crippen LogP contribution in [0.25, 0.3) is 21.1 Å². The monoisotopic (exact) mass is 407 g/mol. The number of amides is 1. The van der Waals surface area contributed by atoms with Gasteiger partial charge in [-0.15, -0.1) is 0 Å². The van der Waals surface area contributed by atoms with Crippen molar-refractivity contribution >= 4 is 49.2 Å². The number of piperidine rings is 1. The van der Waals surface area contributed by atoms with Gasteiger partial charge < -0.3 is 15.0 Å². The second-order valence-corrected chi connectivity index (χ2v) is 8.29. The van der Waals surface area contributed by atoms with E-state index in [4.69, 9.17) is 9.72 Å². The zero-order chi connectivity index (χ0) is 19.8. The summed E-state index contributed by atoms with van der Waals surface area (Å²) in [6.45, 7) is 1.59. The zero-order valence-electron chi connectivity index (χ0n) is 16.0. The van der Waals surface area contributed by atoms with Crippen molar-refractivity contribution in [3.63, 3.8) is 0 Å². The van der Waals surface area contributed by atoms with Crippen molar-refractivity contribution in [1.29, 1.82) is 0 Å². The molecule has 1 atom stereocenters. The van der Waals surface area contributed by atoms with E-state index in [-0.39, 0.29) is 11.8 Å². The molecule has 0 radical (unpaired) electrons. The van der Waals surface area contributed by atoms with E-state index >= 15 is 0 Å². The standard InChI is InChI=1S/C21H21N5O2S/c1-28-16-6-7-17-19(10-16)29-21(24-17)26-8-2-3-14(12-26)20(27)23-15-5-4-13-11-22-25-18(13)9-15/h4-7,9-11,14H,2-3,8,12H2,1H3,(H,22,25)(H,23,27). The van der Waals surface area contributed by atoms with Crippen molar-refractivity contribution in [1.82, 2.24) is 15.2 Å². The van der Waals surface area contributed by atoms with E-state index in [0.29, 0.717) is 6.54 Å². The Morgan fingerprint density at radius 1 is 1.31 bits per heavy atom. The minimum atomic E-state index is -0.0669. The molecule has 0 saturated carbocycles. The molecule has 1 aliphatic rings. The van der Waals surface area contributed by atoms with Gasteiger partial charge in [-0.2, -0.15) is 5.10 Å². The van der Waals surface area contributed by atoms with Gasteiger partial charge in [0.15, 0.2) is 5.13 Å². The molecule has 1 aliphatic heterocycles. The number of aromatic nitrogens is 3. The molecular formula is C21H21N5O2S. The van der Waals surface area contributed by atoms with Crippen molar-refractivity contribution < 1.29 is 9.53 Å². The van der Waals surface area contributed by atoms with Gasteiger partial charge in [-0.25, -0.2) is 4.98 Å². The van der Waals surface area contributed by atoms with Gasteiger partial charge in [-0.05, 0) is 49.2 Å². The average Bonchev–Trinajstić information content (AvgIpc) is 3.39. The number of aromatic amines is 1. The fourth-order valence-corrected chi connectivity index (χ4v) is 4.81. The van der Waals surface area contributed by atoms with Crippen molar-refractivity contribution in [3.05, 3.63) is 42.6 Å². The maximum atomic E-state index is 12.9. The molecule has 8 heteroatoms. The molecule has 3 heterocycles. The number of H-pyrrole nitrogens is 1. The third kappa shape index (κ3) is 3.51. The van der Waals surface area contributed by atoms with Crippen LogP contribution in [0.3, 0.4) is 0 Å². The second-order valence-electron chi connectivity index (χ2n) is 7.28. The highest BCUT2D eigenvalue weighted by Gasteiger charge is 2.27. The van der Waals surface area contributed by atoms with Gasteiger partial charge >= 0.3 is 0 Å². The number of anilines is 2. The number of nitrogens with zero attached hydrogens (tertiary/aromatic N) is 3. The van der Waals surface area contributed by atoms with Crippen LogP contribution in [0.1, 0.15) is 12.8 Å². The van der Waals surface area contributed by atoms with Crippen LogP contribution in [0.4, 0.5) is 10.8 Å². The molecule has 1 amide bonds. The number of thiazole rings is 1. The fraction of sp³-hybridized carbons (Fsp3) is 0.286. The Morgan fingerprint density at radius 3 is 3.14 bits per heavy atom. The average molecular weight is 407 g/mol. The van der Waals surface area contributed by atoms with Gasteiger partial charge in [0.2, 0.25) is 5.91 Å². The van der Waals surface area contributed by atoms with E-state index in [2.05, 4.69) is 20.4 Å². The van der Waals surface area contributed by atoms with Gasteiger partial charge in [0.1, 0.15) is 5.75 Å². The van der Waals surface area contributed by atoms with Crippen molar-refractivity contribution in [2.75, 3.05) is 30.4 Å². The Labute approximate surface area is 171 Å². The number of carbonyl (C=O) groups is 1. The summed E-state index contributed by atoms with van der Waals surface area (Å²) in [4.78, 5) is 19.9. The molecule has 2 aromatic carbocycles. The smallest absolute Gasteiger partial charge is 0.229 e. The van der Waals surface area contributed by atoms with Gasteiger partial charge in [-0.1, -0.05) is 11.3 Å². The van der Waals surface area contributed by atoms with Crippen molar-refractivity contribution in [2.45, 2.75) is 12.8 Å². The molecule has 7 nitrogen and oxygen atoms in total. The minimum Gasteiger partial charge on any atom is -0.497 e. The van der Waals surface area contributed by atoms with Crippen LogP contribution < -0.4 is 15.0 Å². The number of carbonyl (C=O) groups excluding carboxylic acids is 1. The summed E-state index contributed by atoms with van der Waals surface area (Å²) in [7, 11) is 1.67. The van der Waals surface area contributed by atoms with Gasteiger partial charge in [0.05, 0.1) is 35.0 Å². The molecule has 1 fully saturated rings. The first-order chi connectivity index (χ1) is 14.2. The summed E-state index contributed by atoms with van der Waals surface area (Å²) in [6.07, 6.45) is 3.62. The van der Waals surface area contributed by atoms with Crippen LogP contribution >= 0.6 is 11.3 Å². The fourth-order valence-electron chi connectivity index (χ4n) is 3.78. The summed E-state index contributed by atoms with van der Waals surface area (Å²) >= 11 is 1.65. The van der Waals surface area contributed by atoms with E-state index in [0.717, 1.165) is 57.1 Å². The highest BCUT2D eigenvalue weighted by Crippen LogP contribution is 2.33. The van der Waals surface area contributed by atoms with E-state index in [1.54, 1.807) is 24.6 Å². The predicted octanol–water partition coefficient (Wildman–Crippen LogP) is 4.04. The number of hydrogen-bond donors (Lipinski definition) is 2. The van der Waals surface area contributed by atoms with Gasteiger partial charge in [0.25, 0.3) is 0 Å². The van der Waals surface area contributed by atoms with Crippen LogP contribution in [-0.2, 0) is 4.79 Å². The largest absolute Gasteiger partial charge is 0.497 e. The maximum absolute atomic E-state index is 12.9. The first-order valence-corrected chi connectivity index (χ1v) is 10.4. The van der Waals surface area contributed by atoms with Gasteiger partial charge in [-0.3, -0.25) is 9.89 Å². The summed E-state index contributed by atoms with van der Waals surface area (Å²) in [5.41, 5.74) is 2.67. The molecule has 0 spiro atoms. The maximum Gasteiger partial charge on any atom is 0.229 e. The third-order valence-electron chi connectivity index (χ3n) is 5.36. The lowest BCUT2D eigenvalue weighted by molar-refractivity contribution is -0.120. The molecule has 5 rings (SSSR count). The van der Waals surface area contributed by atoms with Crippen LogP contribution in [0.15, 0.2) is 42.6 Å². The lowest BCUT2D eigenvalue weighted by Gasteiger charge is -2.31. The van der Waals surface area contributed by atoms with Crippen LogP contribution in [-0.4, -0.2) is 41.3 Å². The summed E-state index contributed by atoms with van der Waals surface area (Å²) in [5, 5.41) is 12.0. The number of nitrogens with one attached hydrogen (secondary N) is 2. The zero-order valence-corrected chi connectivity index (χ0v) is 16.8. The summed E-state index contributed by atoms with van der Waals surface area (Å²) in [6, 6.07) is 11.7. The Balaban J connectivity index is 1.31. The summed E-state index contributed by atoms with van der Waals surface area (Å²) < 4.78 is 6.41. The number of rotatable bonds is 4. The first kappa shape index (κ1) is 17.9. The predicted molar refractivity (Wildman–Crippen MR) is 116 cm³/mol. The lowest BCUT2D eigenvalue weighted by atomic mass is 9.97. The molecule has 29 heavy (non-hydrogen) atoms. The highest BCUT2D eigenvalue weighted by molar-refractivity contribution is 7.22. The number of benzene rings is 2. The number of methoxy groups -OCH3 is 1. The van der Waals surface area contributed by atoms with Crippen molar-refractivity contribution in [3.8, 4) is 5.75 Å². The van der Waals surface area contributed by atoms with Crippen LogP contribution in [0.2, 0.25) is 0 Å². The van der Waals surface area contributed by atoms with E-state index in [1.165, 1.54) is 0 Å². The molecule has 1 saturated heterocycles. The Bertz CT molecular complexity index is 1180. The SMILES string of the molecule is COc1ccc2nc(N3CCCC(C(=O)Nc4ccc5cn[nH]c5c4)C3)sc2c1.